The van der Waals surface area contributed by atoms with Crippen LogP contribution in [-0.4, -0.2) is 38.0 Å². The maximum atomic E-state index is 13.1. The minimum Gasteiger partial charge on any atom is -0.337 e. The number of benzene rings is 2. The Balaban J connectivity index is 1.75. The van der Waals surface area contributed by atoms with Crippen LogP contribution in [0.1, 0.15) is 5.56 Å². The Labute approximate surface area is 184 Å². The average molecular weight is 458 g/mol. The molecule has 0 saturated carbocycles. The molecule has 0 bridgehead atoms. The van der Waals surface area contributed by atoms with Gasteiger partial charge >= 0.3 is 0 Å². The van der Waals surface area contributed by atoms with Gasteiger partial charge in [-0.25, -0.2) is 0 Å². The molecule has 6 nitrogen and oxygen atoms in total. The minimum absolute atomic E-state index is 0.0908. The highest BCUT2D eigenvalue weighted by molar-refractivity contribution is 8.19. The molecule has 4 rings (SSSR count). The maximum Gasteiger partial charge on any atom is 0.284 e. The second kappa shape index (κ2) is 7.98. The molecule has 1 amide bonds. The van der Waals surface area contributed by atoms with Crippen LogP contribution < -0.4 is 4.90 Å². The summed E-state index contributed by atoms with van der Waals surface area (Å²) in [7, 11) is -2.06. The highest BCUT2D eigenvalue weighted by Gasteiger charge is 2.39. The smallest absolute Gasteiger partial charge is 0.284 e. The maximum absolute atomic E-state index is 13.1. The van der Waals surface area contributed by atoms with Crippen molar-refractivity contribution >= 4 is 50.3 Å². The number of aryl methyl sites for hydroxylation is 1. The Kier molecular flexibility index (Phi) is 5.52. The quantitative estimate of drug-likeness (QED) is 0.506. The summed E-state index contributed by atoms with van der Waals surface area (Å²) >= 11 is 2.57. The van der Waals surface area contributed by atoms with Gasteiger partial charge in [0.25, 0.3) is 15.9 Å². The second-order valence-electron chi connectivity index (χ2n) is 6.73. The first-order chi connectivity index (χ1) is 14.3. The fraction of sp³-hybridized carbons (Fsp3) is 0.143. The molecule has 0 spiro atoms. The van der Waals surface area contributed by atoms with Crippen molar-refractivity contribution in [2.24, 2.45) is 4.40 Å². The molecule has 9 heteroatoms. The molecule has 2 aromatic carbocycles. The summed E-state index contributed by atoms with van der Waals surface area (Å²) < 4.78 is 29.7. The highest BCUT2D eigenvalue weighted by atomic mass is 32.2. The second-order valence-corrected chi connectivity index (χ2v) is 10.3. The summed E-state index contributed by atoms with van der Waals surface area (Å²) in [6.07, 6.45) is 1.56. The third-order valence-electron chi connectivity index (χ3n) is 4.62. The predicted octanol–water partition coefficient (Wildman–Crippen LogP) is 4.21. The third kappa shape index (κ3) is 3.68. The van der Waals surface area contributed by atoms with Gasteiger partial charge in [-0.1, -0.05) is 47.7 Å². The first kappa shape index (κ1) is 20.8. The normalized spacial score (nSPS) is 20.2. The van der Waals surface area contributed by atoms with Gasteiger partial charge in [-0.2, -0.15) is 8.42 Å². The average Bonchev–Trinajstić information content (AvgIpc) is 3.20. The van der Waals surface area contributed by atoms with Crippen LogP contribution in [0.15, 0.2) is 85.3 Å². The monoisotopic (exact) mass is 457 g/mol. The fourth-order valence-electron chi connectivity index (χ4n) is 3.06. The Morgan fingerprint density at radius 2 is 1.80 bits per heavy atom. The molecule has 30 heavy (non-hydrogen) atoms. The van der Waals surface area contributed by atoms with Gasteiger partial charge in [-0.3, -0.25) is 9.69 Å². The van der Waals surface area contributed by atoms with Gasteiger partial charge in [-0.15, -0.1) is 11.0 Å². The van der Waals surface area contributed by atoms with Crippen LogP contribution in [0.25, 0.3) is 0 Å². The molecule has 1 saturated heterocycles. The van der Waals surface area contributed by atoms with Crippen LogP contribution in [0.4, 0.5) is 5.69 Å². The first-order valence-corrected chi connectivity index (χ1v) is 12.2. The molecular formula is C21H19N3O3S3. The Hall–Kier alpha value is -2.49. The van der Waals surface area contributed by atoms with E-state index in [0.29, 0.717) is 4.91 Å². The van der Waals surface area contributed by atoms with Crippen molar-refractivity contribution in [3.63, 3.8) is 0 Å². The van der Waals surface area contributed by atoms with E-state index in [-0.39, 0.29) is 22.5 Å². The van der Waals surface area contributed by atoms with Crippen LogP contribution in [-0.2, 0) is 14.8 Å². The molecule has 2 aliphatic rings. The van der Waals surface area contributed by atoms with Crippen molar-refractivity contribution in [2.45, 2.75) is 16.7 Å². The minimum atomic E-state index is -3.95. The van der Waals surface area contributed by atoms with Crippen LogP contribution in [0.2, 0.25) is 0 Å². The van der Waals surface area contributed by atoms with Crippen molar-refractivity contribution in [3.05, 3.63) is 76.7 Å². The molecule has 0 atom stereocenters. The van der Waals surface area contributed by atoms with Gasteiger partial charge < -0.3 is 4.90 Å². The van der Waals surface area contributed by atoms with Gasteiger partial charge in [0.1, 0.15) is 4.91 Å². The summed E-state index contributed by atoms with van der Waals surface area (Å²) in [6, 6.07) is 14.3. The molecule has 0 aliphatic carbocycles. The van der Waals surface area contributed by atoms with E-state index in [0.717, 1.165) is 32.9 Å². The number of hydrogen-bond donors (Lipinski definition) is 0. The molecule has 2 heterocycles. The summed E-state index contributed by atoms with van der Waals surface area (Å²) in [5, 5.41) is 0.895. The van der Waals surface area contributed by atoms with E-state index >= 15 is 0 Å². The number of carbonyl (C=O) groups is 1. The third-order valence-corrected chi connectivity index (χ3v) is 8.45. The van der Waals surface area contributed by atoms with Crippen molar-refractivity contribution in [2.75, 3.05) is 18.5 Å². The highest BCUT2D eigenvalue weighted by Crippen LogP contribution is 2.49. The number of anilines is 1. The van der Waals surface area contributed by atoms with Crippen LogP contribution in [0.5, 0.6) is 0 Å². The van der Waals surface area contributed by atoms with E-state index in [2.05, 4.69) is 11.0 Å². The lowest BCUT2D eigenvalue weighted by Gasteiger charge is -2.15. The lowest BCUT2D eigenvalue weighted by molar-refractivity contribution is -0.121. The topological polar surface area (TPSA) is 70.1 Å². The number of sulfonamides is 1. The number of amidine groups is 1. The van der Waals surface area contributed by atoms with Gasteiger partial charge in [0.15, 0.2) is 5.17 Å². The standard InChI is InChI=1S/C21H19N3O3S3/c1-4-13-24-19(25)18(20-23(3)16-7-5-6-8-17(16)28-20)29-21(24)22-30(26,27)15-11-9-14(2)10-12-15/h4-12H,1,13H2,2-3H3. The van der Waals surface area contributed by atoms with Crippen molar-refractivity contribution in [1.82, 2.24) is 4.90 Å². The zero-order valence-corrected chi connectivity index (χ0v) is 18.9. The summed E-state index contributed by atoms with van der Waals surface area (Å²) in [4.78, 5) is 18.0. The Morgan fingerprint density at radius 1 is 1.10 bits per heavy atom. The number of amides is 1. The summed E-state index contributed by atoms with van der Waals surface area (Å²) in [5.74, 6) is -0.278. The van der Waals surface area contributed by atoms with E-state index < -0.39 is 10.0 Å². The molecule has 0 N–H and O–H groups in total. The van der Waals surface area contributed by atoms with E-state index in [4.69, 9.17) is 0 Å². The molecule has 0 unspecified atom stereocenters. The Bertz CT molecular complexity index is 1200. The molecule has 1 fully saturated rings. The van der Waals surface area contributed by atoms with E-state index in [1.807, 2.05) is 43.1 Å². The lowest BCUT2D eigenvalue weighted by atomic mass is 10.2. The van der Waals surface area contributed by atoms with Gasteiger partial charge in [0, 0.05) is 18.5 Å². The Morgan fingerprint density at radius 3 is 2.47 bits per heavy atom. The molecule has 154 valence electrons. The van der Waals surface area contributed by atoms with Crippen LogP contribution in [0, 0.1) is 6.92 Å². The molecular weight excluding hydrogens is 438 g/mol. The van der Waals surface area contributed by atoms with Gasteiger partial charge in [0.2, 0.25) is 0 Å². The van der Waals surface area contributed by atoms with Crippen molar-refractivity contribution in [3.8, 4) is 0 Å². The summed E-state index contributed by atoms with van der Waals surface area (Å²) in [6.45, 7) is 5.74. The number of para-hydroxylation sites is 1. The number of rotatable bonds is 4. The van der Waals surface area contributed by atoms with Crippen LogP contribution >= 0.6 is 23.5 Å². The lowest BCUT2D eigenvalue weighted by Crippen LogP contribution is -2.30. The van der Waals surface area contributed by atoms with Gasteiger partial charge in [-0.05, 0) is 43.0 Å². The molecule has 0 aromatic heterocycles. The fourth-order valence-corrected chi connectivity index (χ4v) is 6.59. The van der Waals surface area contributed by atoms with E-state index in [1.165, 1.54) is 28.8 Å². The van der Waals surface area contributed by atoms with E-state index in [9.17, 15) is 13.2 Å². The number of nitrogens with zero attached hydrogens (tertiary/aromatic N) is 3. The first-order valence-electron chi connectivity index (χ1n) is 9.09. The molecule has 0 radical (unpaired) electrons. The molecule has 2 aliphatic heterocycles. The zero-order valence-electron chi connectivity index (χ0n) is 16.4. The summed E-state index contributed by atoms with van der Waals surface area (Å²) in [5.41, 5.74) is 1.96. The number of fused-ring (bicyclic) bond motifs is 1. The number of hydrogen-bond acceptors (Lipinski definition) is 6. The SMILES string of the molecule is C=CCN1C(=O)C(=C2Sc3ccccc3N2C)SC1=NS(=O)(=O)c1ccc(C)cc1. The van der Waals surface area contributed by atoms with Crippen LogP contribution in [0.3, 0.4) is 0 Å². The predicted molar refractivity (Wildman–Crippen MR) is 123 cm³/mol. The van der Waals surface area contributed by atoms with Crippen molar-refractivity contribution in [1.29, 1.82) is 0 Å². The number of thioether (sulfide) groups is 2. The largest absolute Gasteiger partial charge is 0.337 e. The number of carbonyl (C=O) groups excluding carboxylic acids is 1. The molecule has 2 aromatic rings. The van der Waals surface area contributed by atoms with E-state index in [1.54, 1.807) is 18.2 Å². The van der Waals surface area contributed by atoms with Crippen molar-refractivity contribution < 1.29 is 13.2 Å². The van der Waals surface area contributed by atoms with Gasteiger partial charge in [0.05, 0.1) is 15.6 Å². The zero-order chi connectivity index (χ0) is 21.5.